The molecular weight excluding hydrogens is 206 g/mol. The fourth-order valence-corrected chi connectivity index (χ4v) is 2.12. The normalized spacial score (nSPS) is 15.0. The van der Waals surface area contributed by atoms with Crippen LogP contribution in [0.2, 0.25) is 0 Å². The second-order valence-corrected chi connectivity index (χ2v) is 6.00. The van der Waals surface area contributed by atoms with Gasteiger partial charge in [0.1, 0.15) is 0 Å². The molecule has 1 nitrogen and oxygen atoms in total. The number of benzene rings is 1. The van der Waals surface area contributed by atoms with Crippen LogP contribution in [0.3, 0.4) is 0 Å². The molecule has 0 aliphatic carbocycles. The third-order valence-corrected chi connectivity index (χ3v) is 3.64. The lowest BCUT2D eigenvalue weighted by molar-refractivity contribution is 0.406. The summed E-state index contributed by atoms with van der Waals surface area (Å²) in [5.74, 6) is 0.769. The molecule has 0 radical (unpaired) electrons. The van der Waals surface area contributed by atoms with Crippen molar-refractivity contribution in [3.8, 4) is 0 Å². The predicted molar refractivity (Wildman–Crippen MR) is 76.1 cm³/mol. The van der Waals surface area contributed by atoms with E-state index in [-0.39, 0.29) is 5.54 Å². The molecule has 0 heterocycles. The van der Waals surface area contributed by atoms with E-state index < -0.39 is 0 Å². The molecule has 0 bridgehead atoms. The van der Waals surface area contributed by atoms with Gasteiger partial charge in [0.2, 0.25) is 0 Å². The molecule has 1 aromatic rings. The average molecular weight is 233 g/mol. The number of aryl methyl sites for hydroxylation is 2. The van der Waals surface area contributed by atoms with Gasteiger partial charge in [0.05, 0.1) is 0 Å². The van der Waals surface area contributed by atoms with Gasteiger partial charge in [-0.3, -0.25) is 0 Å². The topological polar surface area (TPSA) is 26.0 Å². The fourth-order valence-electron chi connectivity index (χ4n) is 2.12. The summed E-state index contributed by atoms with van der Waals surface area (Å²) in [6.45, 7) is 11.0. The van der Waals surface area contributed by atoms with E-state index in [0.717, 1.165) is 12.3 Å². The summed E-state index contributed by atoms with van der Waals surface area (Å²) in [6, 6.07) is 6.60. The van der Waals surface area contributed by atoms with Crippen molar-refractivity contribution in [3.63, 3.8) is 0 Å². The van der Waals surface area contributed by atoms with Crippen molar-refractivity contribution in [2.24, 2.45) is 11.7 Å². The van der Waals surface area contributed by atoms with Gasteiger partial charge < -0.3 is 5.73 Å². The Kier molecular flexibility index (Phi) is 4.76. The summed E-state index contributed by atoms with van der Waals surface area (Å²) in [5.41, 5.74) is 10.2. The van der Waals surface area contributed by atoms with E-state index in [4.69, 9.17) is 5.73 Å². The molecule has 0 spiro atoms. The van der Waals surface area contributed by atoms with Gasteiger partial charge in [-0.05, 0) is 49.8 Å². The van der Waals surface area contributed by atoms with Gasteiger partial charge in [-0.15, -0.1) is 0 Å². The smallest absolute Gasteiger partial charge is 0.0381 e. The first kappa shape index (κ1) is 14.2. The van der Waals surface area contributed by atoms with Crippen LogP contribution in [0.4, 0.5) is 0 Å². The molecule has 1 heteroatoms. The summed E-state index contributed by atoms with van der Waals surface area (Å²) in [7, 11) is 0. The van der Waals surface area contributed by atoms with Crippen molar-refractivity contribution in [2.75, 3.05) is 0 Å². The second kappa shape index (κ2) is 5.68. The standard InChI is InChI=1S/C16H27N/c1-12(2)7-6-10-16(5,17)15-9-8-13(3)14(4)11-15/h8-9,11-12H,6-7,10,17H2,1-5H3. The van der Waals surface area contributed by atoms with Crippen LogP contribution in [0.1, 0.15) is 56.7 Å². The Morgan fingerprint density at radius 2 is 1.82 bits per heavy atom. The highest BCUT2D eigenvalue weighted by Gasteiger charge is 2.20. The van der Waals surface area contributed by atoms with Crippen molar-refractivity contribution in [2.45, 2.75) is 59.4 Å². The summed E-state index contributed by atoms with van der Waals surface area (Å²) in [4.78, 5) is 0. The minimum Gasteiger partial charge on any atom is -0.322 e. The van der Waals surface area contributed by atoms with Crippen LogP contribution in [-0.2, 0) is 5.54 Å². The Labute approximate surface area is 106 Å². The molecule has 1 unspecified atom stereocenters. The van der Waals surface area contributed by atoms with Crippen molar-refractivity contribution in [1.82, 2.24) is 0 Å². The number of nitrogens with two attached hydrogens (primary N) is 1. The third kappa shape index (κ3) is 4.16. The lowest BCUT2D eigenvalue weighted by Crippen LogP contribution is -2.33. The van der Waals surface area contributed by atoms with E-state index in [9.17, 15) is 0 Å². The Balaban J connectivity index is 2.71. The molecule has 1 rings (SSSR count). The number of hydrogen-bond acceptors (Lipinski definition) is 1. The largest absolute Gasteiger partial charge is 0.322 e. The minimum atomic E-state index is -0.187. The highest BCUT2D eigenvalue weighted by molar-refractivity contribution is 5.33. The van der Waals surface area contributed by atoms with Crippen LogP contribution in [0.15, 0.2) is 18.2 Å². The zero-order valence-corrected chi connectivity index (χ0v) is 12.0. The van der Waals surface area contributed by atoms with Gasteiger partial charge in [0.25, 0.3) is 0 Å². The molecule has 1 atom stereocenters. The van der Waals surface area contributed by atoms with Crippen LogP contribution in [0.25, 0.3) is 0 Å². The number of hydrogen-bond donors (Lipinski definition) is 1. The van der Waals surface area contributed by atoms with Crippen molar-refractivity contribution in [1.29, 1.82) is 0 Å². The van der Waals surface area contributed by atoms with Crippen molar-refractivity contribution < 1.29 is 0 Å². The first-order valence-electron chi connectivity index (χ1n) is 6.69. The third-order valence-electron chi connectivity index (χ3n) is 3.64. The van der Waals surface area contributed by atoms with Gasteiger partial charge in [0, 0.05) is 5.54 Å². The molecule has 17 heavy (non-hydrogen) atoms. The molecule has 96 valence electrons. The first-order chi connectivity index (χ1) is 7.83. The van der Waals surface area contributed by atoms with E-state index in [0.29, 0.717) is 0 Å². The van der Waals surface area contributed by atoms with E-state index >= 15 is 0 Å². The van der Waals surface area contributed by atoms with Crippen LogP contribution in [0, 0.1) is 19.8 Å². The van der Waals surface area contributed by atoms with Crippen LogP contribution < -0.4 is 5.73 Å². The summed E-state index contributed by atoms with van der Waals surface area (Å²) >= 11 is 0. The SMILES string of the molecule is Cc1ccc(C(C)(N)CCCC(C)C)cc1C. The Hall–Kier alpha value is -0.820. The summed E-state index contributed by atoms with van der Waals surface area (Å²) in [6.07, 6.45) is 3.53. The van der Waals surface area contributed by atoms with E-state index in [1.165, 1.54) is 29.5 Å². The summed E-state index contributed by atoms with van der Waals surface area (Å²) in [5, 5.41) is 0. The average Bonchev–Trinajstić information content (AvgIpc) is 2.21. The molecule has 1 aromatic carbocycles. The molecule has 0 saturated heterocycles. The predicted octanol–water partition coefficient (Wildman–Crippen LogP) is 4.30. The van der Waals surface area contributed by atoms with E-state index in [1.54, 1.807) is 0 Å². The molecule has 0 aliphatic heterocycles. The quantitative estimate of drug-likeness (QED) is 0.806. The summed E-state index contributed by atoms with van der Waals surface area (Å²) < 4.78 is 0. The zero-order chi connectivity index (χ0) is 13.1. The van der Waals surface area contributed by atoms with Gasteiger partial charge in [-0.2, -0.15) is 0 Å². The fraction of sp³-hybridized carbons (Fsp3) is 0.625. The molecular formula is C16H27N. The van der Waals surface area contributed by atoms with Crippen LogP contribution in [-0.4, -0.2) is 0 Å². The van der Waals surface area contributed by atoms with Crippen molar-refractivity contribution in [3.05, 3.63) is 34.9 Å². The van der Waals surface area contributed by atoms with E-state index in [1.807, 2.05) is 0 Å². The van der Waals surface area contributed by atoms with Crippen LogP contribution >= 0.6 is 0 Å². The maximum Gasteiger partial charge on any atom is 0.0381 e. The highest BCUT2D eigenvalue weighted by atomic mass is 14.7. The first-order valence-corrected chi connectivity index (χ1v) is 6.69. The minimum absolute atomic E-state index is 0.187. The molecule has 0 aliphatic rings. The van der Waals surface area contributed by atoms with Crippen molar-refractivity contribution >= 4 is 0 Å². The van der Waals surface area contributed by atoms with Gasteiger partial charge in [-0.1, -0.05) is 44.9 Å². The maximum atomic E-state index is 6.44. The monoisotopic (exact) mass is 233 g/mol. The van der Waals surface area contributed by atoms with Gasteiger partial charge >= 0.3 is 0 Å². The number of rotatable bonds is 5. The zero-order valence-electron chi connectivity index (χ0n) is 12.0. The molecule has 0 amide bonds. The molecule has 0 aromatic heterocycles. The molecule has 0 fully saturated rings. The maximum absolute atomic E-state index is 6.44. The lowest BCUT2D eigenvalue weighted by Gasteiger charge is -2.26. The van der Waals surface area contributed by atoms with Gasteiger partial charge in [-0.25, -0.2) is 0 Å². The second-order valence-electron chi connectivity index (χ2n) is 6.00. The lowest BCUT2D eigenvalue weighted by atomic mass is 9.85. The Morgan fingerprint density at radius 1 is 1.18 bits per heavy atom. The van der Waals surface area contributed by atoms with E-state index in [2.05, 4.69) is 52.8 Å². The van der Waals surface area contributed by atoms with Crippen LogP contribution in [0.5, 0.6) is 0 Å². The molecule has 2 N–H and O–H groups in total. The Bertz CT molecular complexity index is 364. The highest BCUT2D eigenvalue weighted by Crippen LogP contribution is 2.26. The Morgan fingerprint density at radius 3 is 2.35 bits per heavy atom. The molecule has 0 saturated carbocycles. The van der Waals surface area contributed by atoms with Gasteiger partial charge in [0.15, 0.2) is 0 Å².